The molecule has 0 aromatic rings. The Morgan fingerprint density at radius 1 is 1.77 bits per heavy atom. The first kappa shape index (κ1) is 10.4. The fourth-order valence-corrected chi connectivity index (χ4v) is 1.23. The summed E-state index contributed by atoms with van der Waals surface area (Å²) in [7, 11) is 1.23. The standard InChI is InChI=1S/C8H13F2NO2/c1-13-7(12)6(11)3-2-5-4-8(5,9)10/h5-6H,2-4,11H2,1H3/t5?,6-/m0/s1. The molecule has 0 aliphatic heterocycles. The molecule has 0 amide bonds. The molecule has 1 rings (SSSR count). The summed E-state index contributed by atoms with van der Waals surface area (Å²) in [5.74, 6) is -3.64. The van der Waals surface area contributed by atoms with E-state index in [9.17, 15) is 13.6 Å². The Morgan fingerprint density at radius 2 is 2.31 bits per heavy atom. The lowest BCUT2D eigenvalue weighted by atomic mass is 10.1. The second-order valence-corrected chi connectivity index (χ2v) is 3.37. The van der Waals surface area contributed by atoms with Gasteiger partial charge in [0, 0.05) is 12.3 Å². The number of rotatable bonds is 4. The minimum absolute atomic E-state index is 0.0686. The first-order chi connectivity index (χ1) is 5.97. The maximum atomic E-state index is 12.4. The van der Waals surface area contributed by atoms with Crippen molar-refractivity contribution in [2.24, 2.45) is 11.7 Å². The lowest BCUT2D eigenvalue weighted by Gasteiger charge is -2.07. The molecule has 1 aliphatic carbocycles. The van der Waals surface area contributed by atoms with E-state index in [1.165, 1.54) is 7.11 Å². The third kappa shape index (κ3) is 2.62. The molecule has 2 atom stereocenters. The number of hydrogen-bond acceptors (Lipinski definition) is 3. The summed E-state index contributed by atoms with van der Waals surface area (Å²) in [6.07, 6.45) is 0.497. The molecule has 0 heterocycles. The van der Waals surface area contributed by atoms with Crippen LogP contribution in [0.3, 0.4) is 0 Å². The van der Waals surface area contributed by atoms with Crippen molar-refractivity contribution < 1.29 is 18.3 Å². The van der Waals surface area contributed by atoms with Gasteiger partial charge in [0.2, 0.25) is 0 Å². The Labute approximate surface area is 75.2 Å². The largest absolute Gasteiger partial charge is 0.468 e. The second kappa shape index (κ2) is 3.57. The SMILES string of the molecule is COC(=O)[C@@H](N)CCC1CC1(F)F. The molecule has 1 fully saturated rings. The minimum Gasteiger partial charge on any atom is -0.468 e. The average Bonchev–Trinajstić information content (AvgIpc) is 2.68. The quantitative estimate of drug-likeness (QED) is 0.675. The van der Waals surface area contributed by atoms with Crippen LogP contribution in [0.25, 0.3) is 0 Å². The Hall–Kier alpha value is -0.710. The first-order valence-electron chi connectivity index (χ1n) is 4.18. The number of alkyl halides is 2. The minimum atomic E-state index is -2.52. The van der Waals surface area contributed by atoms with Gasteiger partial charge in [0.25, 0.3) is 5.92 Å². The predicted octanol–water partition coefficient (Wildman–Crippen LogP) is 0.922. The summed E-state index contributed by atoms with van der Waals surface area (Å²) in [6, 6.07) is -0.763. The summed E-state index contributed by atoms with van der Waals surface area (Å²) in [5.41, 5.74) is 5.37. The molecule has 5 heteroatoms. The molecule has 0 spiro atoms. The van der Waals surface area contributed by atoms with Gasteiger partial charge in [0.15, 0.2) is 0 Å². The van der Waals surface area contributed by atoms with Crippen molar-refractivity contribution in [3.8, 4) is 0 Å². The van der Waals surface area contributed by atoms with E-state index in [0.29, 0.717) is 6.42 Å². The lowest BCUT2D eigenvalue weighted by Crippen LogP contribution is -2.31. The molecule has 0 bridgehead atoms. The number of methoxy groups -OCH3 is 1. The highest BCUT2D eigenvalue weighted by atomic mass is 19.3. The van der Waals surface area contributed by atoms with Crippen LogP contribution < -0.4 is 5.73 Å². The summed E-state index contributed by atoms with van der Waals surface area (Å²) in [5, 5.41) is 0. The summed E-state index contributed by atoms with van der Waals surface area (Å²) >= 11 is 0. The Balaban J connectivity index is 2.17. The average molecular weight is 193 g/mol. The van der Waals surface area contributed by atoms with Gasteiger partial charge in [-0.3, -0.25) is 4.79 Å². The van der Waals surface area contributed by atoms with Crippen LogP contribution in [-0.4, -0.2) is 25.0 Å². The van der Waals surface area contributed by atoms with Gasteiger partial charge < -0.3 is 10.5 Å². The van der Waals surface area contributed by atoms with Crippen molar-refractivity contribution in [1.82, 2.24) is 0 Å². The van der Waals surface area contributed by atoms with Gasteiger partial charge >= 0.3 is 5.97 Å². The first-order valence-corrected chi connectivity index (χ1v) is 4.18. The molecular formula is C8H13F2NO2. The lowest BCUT2D eigenvalue weighted by molar-refractivity contribution is -0.142. The molecule has 1 saturated carbocycles. The number of hydrogen-bond donors (Lipinski definition) is 1. The number of esters is 1. The van der Waals surface area contributed by atoms with Gasteiger partial charge in [-0.1, -0.05) is 0 Å². The molecule has 0 aromatic heterocycles. The molecule has 1 aliphatic rings. The van der Waals surface area contributed by atoms with E-state index < -0.39 is 23.9 Å². The number of ether oxygens (including phenoxy) is 1. The van der Waals surface area contributed by atoms with E-state index in [1.807, 2.05) is 0 Å². The number of carbonyl (C=O) groups is 1. The zero-order chi connectivity index (χ0) is 10.1. The third-order valence-corrected chi connectivity index (χ3v) is 2.29. The van der Waals surface area contributed by atoms with Gasteiger partial charge in [-0.25, -0.2) is 8.78 Å². The van der Waals surface area contributed by atoms with Crippen LogP contribution in [0.2, 0.25) is 0 Å². The smallest absolute Gasteiger partial charge is 0.322 e. The highest BCUT2D eigenvalue weighted by Crippen LogP contribution is 2.51. The van der Waals surface area contributed by atoms with Gasteiger partial charge in [-0.05, 0) is 12.8 Å². The van der Waals surface area contributed by atoms with Crippen LogP contribution in [0.4, 0.5) is 8.78 Å². The monoisotopic (exact) mass is 193 g/mol. The van der Waals surface area contributed by atoms with Crippen molar-refractivity contribution >= 4 is 5.97 Å². The molecule has 0 radical (unpaired) electrons. The van der Waals surface area contributed by atoms with E-state index in [2.05, 4.69) is 4.74 Å². The Bertz CT molecular complexity index is 208. The van der Waals surface area contributed by atoms with Crippen molar-refractivity contribution in [2.45, 2.75) is 31.2 Å². The normalized spacial score (nSPS) is 26.6. The van der Waals surface area contributed by atoms with Crippen LogP contribution in [0.5, 0.6) is 0 Å². The molecule has 3 nitrogen and oxygen atoms in total. The van der Waals surface area contributed by atoms with E-state index >= 15 is 0 Å². The number of nitrogens with two attached hydrogens (primary N) is 1. The highest BCUT2D eigenvalue weighted by Gasteiger charge is 2.56. The Kier molecular flexibility index (Phi) is 2.85. The molecule has 0 aromatic carbocycles. The topological polar surface area (TPSA) is 52.3 Å². The number of halogens is 2. The van der Waals surface area contributed by atoms with Crippen molar-refractivity contribution in [2.75, 3.05) is 7.11 Å². The predicted molar refractivity (Wildman–Crippen MR) is 42.3 cm³/mol. The zero-order valence-electron chi connectivity index (χ0n) is 7.43. The fourth-order valence-electron chi connectivity index (χ4n) is 1.23. The zero-order valence-corrected chi connectivity index (χ0v) is 7.43. The summed E-state index contributed by atoms with van der Waals surface area (Å²) in [6.45, 7) is 0. The van der Waals surface area contributed by atoms with Gasteiger partial charge in [-0.15, -0.1) is 0 Å². The maximum absolute atomic E-state index is 12.4. The van der Waals surface area contributed by atoms with Crippen LogP contribution >= 0.6 is 0 Å². The molecule has 76 valence electrons. The summed E-state index contributed by atoms with van der Waals surface area (Å²) in [4.78, 5) is 10.8. The van der Waals surface area contributed by atoms with Crippen LogP contribution in [-0.2, 0) is 9.53 Å². The van der Waals surface area contributed by atoms with Gasteiger partial charge in [-0.2, -0.15) is 0 Å². The van der Waals surface area contributed by atoms with Crippen molar-refractivity contribution in [1.29, 1.82) is 0 Å². The van der Waals surface area contributed by atoms with E-state index in [1.54, 1.807) is 0 Å². The van der Waals surface area contributed by atoms with Gasteiger partial charge in [0.1, 0.15) is 6.04 Å². The fraction of sp³-hybridized carbons (Fsp3) is 0.875. The molecule has 1 unspecified atom stereocenters. The van der Waals surface area contributed by atoms with Crippen LogP contribution in [0.1, 0.15) is 19.3 Å². The van der Waals surface area contributed by atoms with E-state index in [0.717, 1.165) is 0 Å². The Morgan fingerprint density at radius 3 is 2.69 bits per heavy atom. The molecule has 2 N–H and O–H groups in total. The van der Waals surface area contributed by atoms with Crippen LogP contribution in [0.15, 0.2) is 0 Å². The maximum Gasteiger partial charge on any atom is 0.322 e. The van der Waals surface area contributed by atoms with Crippen molar-refractivity contribution in [3.63, 3.8) is 0 Å². The van der Waals surface area contributed by atoms with Crippen molar-refractivity contribution in [3.05, 3.63) is 0 Å². The van der Waals surface area contributed by atoms with E-state index in [-0.39, 0.29) is 12.8 Å². The van der Waals surface area contributed by atoms with E-state index in [4.69, 9.17) is 5.73 Å². The second-order valence-electron chi connectivity index (χ2n) is 3.37. The van der Waals surface area contributed by atoms with Gasteiger partial charge in [0.05, 0.1) is 7.11 Å². The third-order valence-electron chi connectivity index (χ3n) is 2.29. The molecule has 13 heavy (non-hydrogen) atoms. The molecule has 0 saturated heterocycles. The van der Waals surface area contributed by atoms with Crippen LogP contribution in [0, 0.1) is 5.92 Å². The number of carbonyl (C=O) groups excluding carboxylic acids is 1. The molecular weight excluding hydrogens is 180 g/mol. The summed E-state index contributed by atoms with van der Waals surface area (Å²) < 4.78 is 29.1. The highest BCUT2D eigenvalue weighted by molar-refractivity contribution is 5.75.